The summed E-state index contributed by atoms with van der Waals surface area (Å²) >= 11 is 0. The summed E-state index contributed by atoms with van der Waals surface area (Å²) in [6.45, 7) is 11.3. The molecule has 0 unspecified atom stereocenters. The van der Waals surface area contributed by atoms with Crippen molar-refractivity contribution in [1.82, 2.24) is 0 Å². The zero-order valence-electron chi connectivity index (χ0n) is 11.8. The summed E-state index contributed by atoms with van der Waals surface area (Å²) in [4.78, 5) is 0. The Kier molecular flexibility index (Phi) is 15.8. The number of rotatable bonds is 5. The number of hydrogen-bond acceptors (Lipinski definition) is 3. The lowest BCUT2D eigenvalue weighted by Crippen LogP contribution is -2.02. The molecule has 0 amide bonds. The maximum atomic E-state index is 8.56. The van der Waals surface area contributed by atoms with Gasteiger partial charge >= 0.3 is 0 Å². The van der Waals surface area contributed by atoms with Crippen molar-refractivity contribution in [2.45, 2.75) is 34.6 Å². The average molecular weight is 241 g/mol. The van der Waals surface area contributed by atoms with E-state index in [1.807, 2.05) is 58.9 Å². The van der Waals surface area contributed by atoms with Crippen LogP contribution in [0.4, 0.5) is 5.69 Å². The van der Waals surface area contributed by atoms with Crippen molar-refractivity contribution in [2.75, 3.05) is 25.1 Å². The Labute approximate surface area is 106 Å². The first-order valence-corrected chi connectivity index (χ1v) is 6.44. The standard InChI is InChI=1S/C10H15NO2.2C2H6/c1-2-11-9-4-3-5-10(8-9)13-7-6-12;2*1-2/h3-5,8,11-12H,2,6-7H2,1H3;2*1-2H3. The van der Waals surface area contributed by atoms with Gasteiger partial charge in [-0.05, 0) is 19.1 Å². The molecule has 0 heterocycles. The van der Waals surface area contributed by atoms with Crippen LogP contribution in [0.3, 0.4) is 0 Å². The van der Waals surface area contributed by atoms with Gasteiger partial charge in [0.1, 0.15) is 12.4 Å². The van der Waals surface area contributed by atoms with Crippen LogP contribution in [0.15, 0.2) is 24.3 Å². The Morgan fingerprint density at radius 3 is 2.35 bits per heavy atom. The van der Waals surface area contributed by atoms with E-state index in [1.54, 1.807) is 0 Å². The molecule has 0 bridgehead atoms. The molecule has 3 nitrogen and oxygen atoms in total. The second kappa shape index (κ2) is 14.8. The third-order valence-corrected chi connectivity index (χ3v) is 1.57. The number of hydrogen-bond donors (Lipinski definition) is 2. The highest BCUT2D eigenvalue weighted by Crippen LogP contribution is 2.16. The Morgan fingerprint density at radius 1 is 1.18 bits per heavy atom. The van der Waals surface area contributed by atoms with E-state index in [0.717, 1.165) is 18.0 Å². The first-order chi connectivity index (χ1) is 8.36. The maximum absolute atomic E-state index is 8.56. The van der Waals surface area contributed by atoms with Crippen molar-refractivity contribution in [2.24, 2.45) is 0 Å². The predicted octanol–water partition coefficient (Wildman–Crippen LogP) is 3.54. The average Bonchev–Trinajstić information content (AvgIpc) is 2.42. The highest BCUT2D eigenvalue weighted by atomic mass is 16.5. The topological polar surface area (TPSA) is 41.5 Å². The van der Waals surface area contributed by atoms with Crippen LogP contribution in [0, 0.1) is 0 Å². The quantitative estimate of drug-likeness (QED) is 0.828. The van der Waals surface area contributed by atoms with Gasteiger partial charge in [0.25, 0.3) is 0 Å². The Morgan fingerprint density at radius 2 is 1.82 bits per heavy atom. The third kappa shape index (κ3) is 9.69. The van der Waals surface area contributed by atoms with Gasteiger partial charge in [-0.15, -0.1) is 0 Å². The minimum Gasteiger partial charge on any atom is -0.491 e. The van der Waals surface area contributed by atoms with Gasteiger partial charge in [0.15, 0.2) is 0 Å². The number of benzene rings is 1. The second-order valence-electron chi connectivity index (χ2n) is 2.63. The molecule has 1 aromatic carbocycles. The zero-order chi connectivity index (χ0) is 13.5. The molecule has 0 saturated carbocycles. The number of nitrogens with one attached hydrogen (secondary N) is 1. The monoisotopic (exact) mass is 241 g/mol. The maximum Gasteiger partial charge on any atom is 0.121 e. The number of anilines is 1. The molecule has 3 heteroatoms. The van der Waals surface area contributed by atoms with Gasteiger partial charge in [-0.1, -0.05) is 33.8 Å². The van der Waals surface area contributed by atoms with E-state index in [2.05, 4.69) is 5.32 Å². The first kappa shape index (κ1) is 18.2. The van der Waals surface area contributed by atoms with Crippen LogP contribution >= 0.6 is 0 Å². The molecular weight excluding hydrogens is 214 g/mol. The summed E-state index contributed by atoms with van der Waals surface area (Å²) in [5.41, 5.74) is 1.04. The highest BCUT2D eigenvalue weighted by molar-refractivity contribution is 5.47. The largest absolute Gasteiger partial charge is 0.491 e. The molecular formula is C14H27NO2. The molecule has 0 saturated heterocycles. The molecule has 0 radical (unpaired) electrons. The molecule has 0 spiro atoms. The summed E-state index contributed by atoms with van der Waals surface area (Å²) in [5.74, 6) is 0.785. The van der Waals surface area contributed by atoms with Crippen molar-refractivity contribution >= 4 is 5.69 Å². The van der Waals surface area contributed by atoms with Crippen LogP contribution < -0.4 is 10.1 Å². The van der Waals surface area contributed by atoms with Crippen LogP contribution in [-0.2, 0) is 0 Å². The molecule has 0 aromatic heterocycles. The van der Waals surface area contributed by atoms with Crippen molar-refractivity contribution in [3.05, 3.63) is 24.3 Å². The van der Waals surface area contributed by atoms with Gasteiger partial charge in [-0.25, -0.2) is 0 Å². The third-order valence-electron chi connectivity index (χ3n) is 1.57. The molecule has 2 N–H and O–H groups in total. The van der Waals surface area contributed by atoms with Gasteiger partial charge in [0.2, 0.25) is 0 Å². The summed E-state index contributed by atoms with van der Waals surface area (Å²) in [5, 5.41) is 11.7. The van der Waals surface area contributed by atoms with Gasteiger partial charge in [0.05, 0.1) is 6.61 Å². The minimum atomic E-state index is 0.0471. The van der Waals surface area contributed by atoms with Crippen LogP contribution in [0.2, 0.25) is 0 Å². The minimum absolute atomic E-state index is 0.0471. The normalized spacial score (nSPS) is 8.12. The Hall–Kier alpha value is -1.22. The van der Waals surface area contributed by atoms with Crippen LogP contribution in [0.25, 0.3) is 0 Å². The molecule has 1 aromatic rings. The molecule has 0 aliphatic carbocycles. The van der Waals surface area contributed by atoms with Gasteiger partial charge in [-0.2, -0.15) is 0 Å². The van der Waals surface area contributed by atoms with E-state index in [-0.39, 0.29) is 6.61 Å². The van der Waals surface area contributed by atoms with Crippen LogP contribution in [-0.4, -0.2) is 24.9 Å². The van der Waals surface area contributed by atoms with Crippen molar-refractivity contribution in [3.63, 3.8) is 0 Å². The van der Waals surface area contributed by atoms with E-state index < -0.39 is 0 Å². The lowest BCUT2D eigenvalue weighted by molar-refractivity contribution is 0.201. The van der Waals surface area contributed by atoms with Crippen molar-refractivity contribution in [3.8, 4) is 5.75 Å². The first-order valence-electron chi connectivity index (χ1n) is 6.44. The molecule has 0 aliphatic heterocycles. The highest BCUT2D eigenvalue weighted by Gasteiger charge is 1.94. The zero-order valence-corrected chi connectivity index (χ0v) is 11.8. The van der Waals surface area contributed by atoms with Gasteiger partial charge in [0, 0.05) is 18.3 Å². The lowest BCUT2D eigenvalue weighted by atomic mass is 10.3. The number of aliphatic hydroxyl groups is 1. The Balaban J connectivity index is 0. The summed E-state index contributed by atoms with van der Waals surface area (Å²) in [6.07, 6.45) is 0. The molecule has 17 heavy (non-hydrogen) atoms. The van der Waals surface area contributed by atoms with Crippen molar-refractivity contribution in [1.29, 1.82) is 0 Å². The fourth-order valence-corrected chi connectivity index (χ4v) is 1.06. The summed E-state index contributed by atoms with van der Waals surface area (Å²) in [6, 6.07) is 7.69. The molecule has 100 valence electrons. The van der Waals surface area contributed by atoms with Gasteiger partial charge < -0.3 is 15.2 Å². The second-order valence-corrected chi connectivity index (χ2v) is 2.63. The predicted molar refractivity (Wildman–Crippen MR) is 75.9 cm³/mol. The van der Waals surface area contributed by atoms with E-state index >= 15 is 0 Å². The fourth-order valence-electron chi connectivity index (χ4n) is 1.06. The smallest absolute Gasteiger partial charge is 0.121 e. The molecule has 1 rings (SSSR count). The van der Waals surface area contributed by atoms with E-state index in [1.165, 1.54) is 0 Å². The SMILES string of the molecule is CC.CC.CCNc1cccc(OCCO)c1. The van der Waals surface area contributed by atoms with E-state index in [0.29, 0.717) is 6.61 Å². The summed E-state index contributed by atoms with van der Waals surface area (Å²) < 4.78 is 5.25. The van der Waals surface area contributed by atoms with Crippen LogP contribution in [0.5, 0.6) is 5.75 Å². The summed E-state index contributed by atoms with van der Waals surface area (Å²) in [7, 11) is 0. The molecule has 0 fully saturated rings. The van der Waals surface area contributed by atoms with Crippen LogP contribution in [0.1, 0.15) is 34.6 Å². The van der Waals surface area contributed by atoms with E-state index in [9.17, 15) is 0 Å². The fraction of sp³-hybridized carbons (Fsp3) is 0.571. The molecule has 0 atom stereocenters. The lowest BCUT2D eigenvalue weighted by Gasteiger charge is -2.07. The van der Waals surface area contributed by atoms with E-state index in [4.69, 9.17) is 9.84 Å². The molecule has 0 aliphatic rings. The van der Waals surface area contributed by atoms with Gasteiger partial charge in [-0.3, -0.25) is 0 Å². The number of aliphatic hydroxyl groups excluding tert-OH is 1. The number of ether oxygens (including phenoxy) is 1. The van der Waals surface area contributed by atoms with Crippen molar-refractivity contribution < 1.29 is 9.84 Å². The Bertz CT molecular complexity index is 252.